The van der Waals surface area contributed by atoms with E-state index in [0.717, 1.165) is 29.5 Å². The lowest BCUT2D eigenvalue weighted by molar-refractivity contribution is -0.141. The Morgan fingerprint density at radius 1 is 0.833 bits per heavy atom. The van der Waals surface area contributed by atoms with E-state index in [1.807, 2.05) is 44.2 Å². The van der Waals surface area contributed by atoms with Gasteiger partial charge in [-0.25, -0.2) is 4.39 Å². The van der Waals surface area contributed by atoms with Crippen molar-refractivity contribution in [3.63, 3.8) is 0 Å². The highest BCUT2D eigenvalue weighted by molar-refractivity contribution is 5.88. The molecule has 3 rings (SSSR count). The van der Waals surface area contributed by atoms with Gasteiger partial charge >= 0.3 is 0 Å². The topological polar surface area (TPSA) is 49.4 Å². The number of amides is 2. The van der Waals surface area contributed by atoms with Crippen molar-refractivity contribution in [2.45, 2.75) is 71.5 Å². The highest BCUT2D eigenvalue weighted by Crippen LogP contribution is 2.18. The first-order valence-corrected chi connectivity index (χ1v) is 12.9. The van der Waals surface area contributed by atoms with Gasteiger partial charge in [0.05, 0.1) is 0 Å². The van der Waals surface area contributed by atoms with E-state index in [4.69, 9.17) is 0 Å². The average molecular weight is 489 g/mol. The van der Waals surface area contributed by atoms with Crippen molar-refractivity contribution in [3.8, 4) is 0 Å². The Morgan fingerprint density at radius 2 is 1.44 bits per heavy atom. The molecule has 0 radical (unpaired) electrons. The van der Waals surface area contributed by atoms with E-state index in [1.165, 1.54) is 17.7 Å². The fourth-order valence-corrected chi connectivity index (χ4v) is 4.12. The van der Waals surface area contributed by atoms with Crippen LogP contribution in [0.2, 0.25) is 0 Å². The first-order valence-electron chi connectivity index (χ1n) is 12.9. The van der Waals surface area contributed by atoms with E-state index in [1.54, 1.807) is 17.0 Å². The van der Waals surface area contributed by atoms with Gasteiger partial charge in [-0.3, -0.25) is 9.59 Å². The van der Waals surface area contributed by atoms with Crippen molar-refractivity contribution in [1.82, 2.24) is 10.2 Å². The number of rotatable bonds is 12. The second-order valence-electron chi connectivity index (χ2n) is 9.34. The predicted molar refractivity (Wildman–Crippen MR) is 143 cm³/mol. The maximum Gasteiger partial charge on any atom is 0.243 e. The zero-order valence-corrected chi connectivity index (χ0v) is 21.5. The molecule has 4 nitrogen and oxygen atoms in total. The highest BCUT2D eigenvalue weighted by Gasteiger charge is 2.30. The number of carbonyl (C=O) groups excluding carboxylic acids is 2. The zero-order valence-electron chi connectivity index (χ0n) is 21.5. The lowest BCUT2D eigenvalue weighted by atomic mass is 10.0. The molecule has 0 saturated carbocycles. The van der Waals surface area contributed by atoms with Crippen LogP contribution in [-0.4, -0.2) is 28.8 Å². The molecule has 2 amide bonds. The van der Waals surface area contributed by atoms with Crippen molar-refractivity contribution in [2.24, 2.45) is 0 Å². The Labute approximate surface area is 214 Å². The largest absolute Gasteiger partial charge is 0.352 e. The fraction of sp³-hybridized carbons (Fsp3) is 0.355. The average Bonchev–Trinajstić information content (AvgIpc) is 2.91. The third-order valence-electron chi connectivity index (χ3n) is 6.60. The van der Waals surface area contributed by atoms with Crippen molar-refractivity contribution < 1.29 is 14.0 Å². The normalized spacial score (nSPS) is 12.6. The van der Waals surface area contributed by atoms with Crippen LogP contribution >= 0.6 is 0 Å². The SMILES string of the molecule is CCc1ccc(CCC(=O)N(Cc2ccc(F)cc2)[C@H](Cc2ccccc2)C(=O)N[C@@H](C)CC)cc1. The smallest absolute Gasteiger partial charge is 0.243 e. The summed E-state index contributed by atoms with van der Waals surface area (Å²) in [4.78, 5) is 28.8. The zero-order chi connectivity index (χ0) is 25.9. The molecule has 0 spiro atoms. The first kappa shape index (κ1) is 27.1. The van der Waals surface area contributed by atoms with Crippen LogP contribution in [0.15, 0.2) is 78.9 Å². The van der Waals surface area contributed by atoms with Gasteiger partial charge in [-0.1, -0.05) is 80.6 Å². The number of hydrogen-bond acceptors (Lipinski definition) is 2. The molecule has 2 atom stereocenters. The summed E-state index contributed by atoms with van der Waals surface area (Å²) in [6.45, 7) is 6.33. The van der Waals surface area contributed by atoms with Crippen molar-refractivity contribution in [2.75, 3.05) is 0 Å². The first-order chi connectivity index (χ1) is 17.4. The monoisotopic (exact) mass is 488 g/mol. The molecule has 5 heteroatoms. The fourth-order valence-electron chi connectivity index (χ4n) is 4.12. The number of nitrogens with zero attached hydrogens (tertiary/aromatic N) is 1. The number of halogens is 1. The van der Waals surface area contributed by atoms with Crippen LogP contribution in [-0.2, 0) is 35.4 Å². The summed E-state index contributed by atoms with van der Waals surface area (Å²) >= 11 is 0. The minimum absolute atomic E-state index is 0.00405. The van der Waals surface area contributed by atoms with Gasteiger partial charge in [0.15, 0.2) is 0 Å². The van der Waals surface area contributed by atoms with Crippen LogP contribution in [0.5, 0.6) is 0 Å². The van der Waals surface area contributed by atoms with E-state index in [0.29, 0.717) is 12.8 Å². The second kappa shape index (κ2) is 13.6. The molecule has 0 aliphatic carbocycles. The molecule has 0 aromatic heterocycles. The molecule has 190 valence electrons. The van der Waals surface area contributed by atoms with E-state index < -0.39 is 6.04 Å². The maximum absolute atomic E-state index is 13.7. The molecule has 3 aromatic rings. The molecule has 3 aromatic carbocycles. The Balaban J connectivity index is 1.88. The summed E-state index contributed by atoms with van der Waals surface area (Å²) in [6.07, 6.45) is 3.05. The van der Waals surface area contributed by atoms with Crippen molar-refractivity contribution in [3.05, 3.63) is 107 Å². The summed E-state index contributed by atoms with van der Waals surface area (Å²) in [5.41, 5.74) is 4.11. The van der Waals surface area contributed by atoms with Gasteiger partial charge in [0.1, 0.15) is 11.9 Å². The van der Waals surface area contributed by atoms with E-state index in [2.05, 4.69) is 36.5 Å². The third kappa shape index (κ3) is 8.04. The molecule has 0 unspecified atom stereocenters. The molecule has 0 heterocycles. The summed E-state index contributed by atoms with van der Waals surface area (Å²) in [5.74, 6) is -0.599. The van der Waals surface area contributed by atoms with Gasteiger partial charge in [-0.2, -0.15) is 0 Å². The van der Waals surface area contributed by atoms with Gasteiger partial charge in [-0.15, -0.1) is 0 Å². The molecule has 0 aliphatic heterocycles. The summed E-state index contributed by atoms with van der Waals surface area (Å²) < 4.78 is 13.6. The van der Waals surface area contributed by atoms with Crippen LogP contribution in [0.3, 0.4) is 0 Å². The summed E-state index contributed by atoms with van der Waals surface area (Å²) in [6, 6.07) is 23.5. The minimum atomic E-state index is -0.679. The molecule has 0 saturated heterocycles. The van der Waals surface area contributed by atoms with Crippen LogP contribution in [0.4, 0.5) is 4.39 Å². The maximum atomic E-state index is 13.7. The van der Waals surface area contributed by atoms with Crippen LogP contribution in [0.1, 0.15) is 55.9 Å². The van der Waals surface area contributed by atoms with E-state index >= 15 is 0 Å². The standard InChI is InChI=1S/C31H37FN2O2/c1-4-23(3)33-31(36)29(21-26-9-7-6-8-10-26)34(22-27-15-18-28(32)19-16-27)30(35)20-17-25-13-11-24(5-2)12-14-25/h6-16,18-19,23,29H,4-5,17,20-22H2,1-3H3,(H,33,36)/t23-,29+/m0/s1. The summed E-state index contributed by atoms with van der Waals surface area (Å²) in [7, 11) is 0. The van der Waals surface area contributed by atoms with Crippen LogP contribution in [0.25, 0.3) is 0 Å². The van der Waals surface area contributed by atoms with Crippen molar-refractivity contribution in [1.29, 1.82) is 0 Å². The Kier molecular flexibility index (Phi) is 10.2. The third-order valence-corrected chi connectivity index (χ3v) is 6.60. The number of hydrogen-bond donors (Lipinski definition) is 1. The van der Waals surface area contributed by atoms with Gasteiger partial charge in [-0.05, 0) is 60.6 Å². The molecule has 0 bridgehead atoms. The lowest BCUT2D eigenvalue weighted by Crippen LogP contribution is -2.52. The molecular formula is C31H37FN2O2. The number of carbonyl (C=O) groups is 2. The molecular weight excluding hydrogens is 451 g/mol. The minimum Gasteiger partial charge on any atom is -0.352 e. The molecule has 1 N–H and O–H groups in total. The predicted octanol–water partition coefficient (Wildman–Crippen LogP) is 5.88. The van der Waals surface area contributed by atoms with E-state index in [9.17, 15) is 14.0 Å². The molecule has 0 fully saturated rings. The van der Waals surface area contributed by atoms with Gasteiger partial charge in [0.25, 0.3) is 0 Å². The Bertz CT molecular complexity index is 1100. The van der Waals surface area contributed by atoms with Crippen LogP contribution < -0.4 is 5.32 Å². The quantitative estimate of drug-likeness (QED) is 0.346. The van der Waals surface area contributed by atoms with E-state index in [-0.39, 0.29) is 36.6 Å². The molecule has 0 aliphatic rings. The number of nitrogens with one attached hydrogen (secondary N) is 1. The van der Waals surface area contributed by atoms with Gasteiger partial charge in [0.2, 0.25) is 11.8 Å². The second-order valence-corrected chi connectivity index (χ2v) is 9.34. The van der Waals surface area contributed by atoms with Crippen LogP contribution in [0, 0.1) is 5.82 Å². The Hall–Kier alpha value is -3.47. The van der Waals surface area contributed by atoms with Gasteiger partial charge in [0, 0.05) is 25.4 Å². The Morgan fingerprint density at radius 3 is 2.06 bits per heavy atom. The lowest BCUT2D eigenvalue weighted by Gasteiger charge is -2.32. The molecule has 36 heavy (non-hydrogen) atoms. The number of aryl methyl sites for hydroxylation is 2. The summed E-state index contributed by atoms with van der Waals surface area (Å²) in [5, 5.41) is 3.07. The van der Waals surface area contributed by atoms with Gasteiger partial charge < -0.3 is 10.2 Å². The highest BCUT2D eigenvalue weighted by atomic mass is 19.1. The number of benzene rings is 3. The van der Waals surface area contributed by atoms with Crippen molar-refractivity contribution >= 4 is 11.8 Å².